The molecule has 0 aromatic rings. The summed E-state index contributed by atoms with van der Waals surface area (Å²) < 4.78 is 30.4. The molecule has 0 fully saturated rings. The fourth-order valence-electron chi connectivity index (χ4n) is 10.1. The van der Waals surface area contributed by atoms with Crippen LogP contribution < -0.4 is 10.2 Å². The number of quaternary nitrogens is 1. The van der Waals surface area contributed by atoms with Gasteiger partial charge in [-0.15, -0.1) is 0 Å². The number of esters is 1. The lowest BCUT2D eigenvalue weighted by molar-refractivity contribution is -0.870. The van der Waals surface area contributed by atoms with Crippen molar-refractivity contribution >= 4 is 19.7 Å². The molecule has 0 spiro atoms. The van der Waals surface area contributed by atoms with Crippen LogP contribution in [0.25, 0.3) is 0 Å². The van der Waals surface area contributed by atoms with E-state index in [0.29, 0.717) is 17.4 Å². The second-order valence-corrected chi connectivity index (χ2v) is 26.4. The first-order chi connectivity index (χ1) is 40.4. The summed E-state index contributed by atoms with van der Waals surface area (Å²) in [7, 11) is 1.18. The SMILES string of the molecule is CCCCC/C=C\C/C=C\C/C=C\C/C=C\CCCCCCCCCCCC(=O)OC(/C=C/CCCCCCCCCCC)C(COP(=O)([O-])OCC[N+](C)(C)C)NC(=O)CCCCCCCCCCCCC/C=C/CCCCCCCC. The lowest BCUT2D eigenvalue weighted by Gasteiger charge is -2.30. The van der Waals surface area contributed by atoms with Crippen molar-refractivity contribution in [3.63, 3.8) is 0 Å². The van der Waals surface area contributed by atoms with Crippen LogP contribution in [0.1, 0.15) is 329 Å². The van der Waals surface area contributed by atoms with Gasteiger partial charge in [0.2, 0.25) is 5.91 Å². The lowest BCUT2D eigenvalue weighted by atomic mass is 10.0. The number of hydrogen-bond donors (Lipinski definition) is 1. The Labute approximate surface area is 514 Å². The fourth-order valence-corrected chi connectivity index (χ4v) is 10.9. The molecule has 9 nitrogen and oxygen atoms in total. The Balaban J connectivity index is 5.05. The Morgan fingerprint density at radius 2 is 0.735 bits per heavy atom. The summed E-state index contributed by atoms with van der Waals surface area (Å²) in [5.74, 6) is -0.541. The number of phosphoric acid groups is 1. The zero-order valence-electron chi connectivity index (χ0n) is 55.4. The summed E-state index contributed by atoms with van der Waals surface area (Å²) in [5, 5.41) is 3.04. The Kier molecular flexibility index (Phi) is 60.6. The topological polar surface area (TPSA) is 114 Å². The average Bonchev–Trinajstić information content (AvgIpc) is 3.51. The molecule has 10 heteroatoms. The molecular formula is C73H135N2O7P. The van der Waals surface area contributed by atoms with Gasteiger partial charge in [-0.2, -0.15) is 0 Å². The van der Waals surface area contributed by atoms with Gasteiger partial charge in [-0.25, -0.2) is 0 Å². The molecule has 3 unspecified atom stereocenters. The number of nitrogens with one attached hydrogen (secondary N) is 1. The van der Waals surface area contributed by atoms with E-state index in [1.165, 1.54) is 205 Å². The Morgan fingerprint density at radius 1 is 0.422 bits per heavy atom. The first-order valence-corrected chi connectivity index (χ1v) is 36.7. The van der Waals surface area contributed by atoms with Crippen LogP contribution in [0.15, 0.2) is 72.9 Å². The molecule has 0 rings (SSSR count). The van der Waals surface area contributed by atoms with E-state index in [9.17, 15) is 19.0 Å². The minimum Gasteiger partial charge on any atom is -0.756 e. The molecule has 0 heterocycles. The number of allylic oxidation sites excluding steroid dienone is 11. The molecular weight excluding hydrogens is 1050 g/mol. The molecule has 484 valence electrons. The van der Waals surface area contributed by atoms with Crippen molar-refractivity contribution in [1.29, 1.82) is 0 Å². The minimum absolute atomic E-state index is 0.0246. The Bertz CT molecular complexity index is 1650. The number of amides is 1. The van der Waals surface area contributed by atoms with Gasteiger partial charge in [-0.05, 0) is 102 Å². The highest BCUT2D eigenvalue weighted by molar-refractivity contribution is 7.45. The highest BCUT2D eigenvalue weighted by atomic mass is 31.2. The fraction of sp³-hybridized carbons (Fsp3) is 0.808. The minimum atomic E-state index is -4.71. The Morgan fingerprint density at radius 3 is 1.13 bits per heavy atom. The van der Waals surface area contributed by atoms with Crippen LogP contribution in [0.2, 0.25) is 0 Å². The van der Waals surface area contributed by atoms with Crippen LogP contribution in [0.4, 0.5) is 0 Å². The predicted octanol–water partition coefficient (Wildman–Crippen LogP) is 21.7. The summed E-state index contributed by atoms with van der Waals surface area (Å²) in [6, 6.07) is -0.894. The third-order valence-corrected chi connectivity index (χ3v) is 16.6. The van der Waals surface area contributed by atoms with E-state index in [0.717, 1.165) is 89.9 Å². The molecule has 0 saturated heterocycles. The molecule has 0 aliphatic carbocycles. The van der Waals surface area contributed by atoms with Crippen molar-refractivity contribution in [2.45, 2.75) is 341 Å². The highest BCUT2D eigenvalue weighted by Gasteiger charge is 2.27. The van der Waals surface area contributed by atoms with Crippen LogP contribution in [-0.4, -0.2) is 69.4 Å². The van der Waals surface area contributed by atoms with Gasteiger partial charge in [0.15, 0.2) is 0 Å². The summed E-state index contributed by atoms with van der Waals surface area (Å²) in [6.07, 6.45) is 81.6. The first kappa shape index (κ1) is 80.5. The third-order valence-electron chi connectivity index (χ3n) is 15.6. The van der Waals surface area contributed by atoms with E-state index in [1.54, 1.807) is 0 Å². The molecule has 0 aliphatic rings. The summed E-state index contributed by atoms with van der Waals surface area (Å²) >= 11 is 0. The first-order valence-electron chi connectivity index (χ1n) is 35.2. The quantitative estimate of drug-likeness (QED) is 0.0212. The van der Waals surface area contributed by atoms with Crippen LogP contribution in [0.5, 0.6) is 0 Å². The molecule has 0 radical (unpaired) electrons. The van der Waals surface area contributed by atoms with E-state index in [2.05, 4.69) is 86.8 Å². The molecule has 1 amide bonds. The second-order valence-electron chi connectivity index (χ2n) is 25.0. The molecule has 0 aromatic heterocycles. The zero-order valence-corrected chi connectivity index (χ0v) is 56.3. The van der Waals surface area contributed by atoms with E-state index >= 15 is 0 Å². The normalized spacial score (nSPS) is 14.0. The van der Waals surface area contributed by atoms with Crippen molar-refractivity contribution in [2.75, 3.05) is 40.9 Å². The van der Waals surface area contributed by atoms with Gasteiger partial charge in [0.25, 0.3) is 7.82 Å². The number of phosphoric ester groups is 1. The Hall–Kier alpha value is -2.55. The zero-order chi connectivity index (χ0) is 60.7. The molecule has 0 aliphatic heterocycles. The smallest absolute Gasteiger partial charge is 0.306 e. The molecule has 3 atom stereocenters. The number of carbonyl (C=O) groups is 2. The van der Waals surface area contributed by atoms with Gasteiger partial charge in [0.1, 0.15) is 19.3 Å². The number of hydrogen-bond acceptors (Lipinski definition) is 7. The van der Waals surface area contributed by atoms with Crippen molar-refractivity contribution < 1.29 is 37.3 Å². The maximum Gasteiger partial charge on any atom is 0.306 e. The van der Waals surface area contributed by atoms with Crippen molar-refractivity contribution in [3.8, 4) is 0 Å². The summed E-state index contributed by atoms with van der Waals surface area (Å²) in [6.45, 7) is 6.83. The highest BCUT2D eigenvalue weighted by Crippen LogP contribution is 2.38. The van der Waals surface area contributed by atoms with Gasteiger partial charge in [-0.1, -0.05) is 287 Å². The average molecular weight is 1180 g/mol. The summed E-state index contributed by atoms with van der Waals surface area (Å²) in [5.41, 5.74) is 0. The van der Waals surface area contributed by atoms with E-state index in [-0.39, 0.29) is 24.9 Å². The molecule has 0 bridgehead atoms. The second kappa shape index (κ2) is 62.5. The van der Waals surface area contributed by atoms with Gasteiger partial charge >= 0.3 is 5.97 Å². The summed E-state index contributed by atoms with van der Waals surface area (Å²) in [4.78, 5) is 40.1. The predicted molar refractivity (Wildman–Crippen MR) is 358 cm³/mol. The number of ether oxygens (including phenoxy) is 1. The molecule has 1 N–H and O–H groups in total. The van der Waals surface area contributed by atoms with Crippen molar-refractivity contribution in [1.82, 2.24) is 5.32 Å². The van der Waals surface area contributed by atoms with Gasteiger partial charge < -0.3 is 28.5 Å². The van der Waals surface area contributed by atoms with Crippen molar-refractivity contribution in [3.05, 3.63) is 72.9 Å². The van der Waals surface area contributed by atoms with E-state index in [4.69, 9.17) is 13.8 Å². The molecule has 0 saturated carbocycles. The molecule has 83 heavy (non-hydrogen) atoms. The van der Waals surface area contributed by atoms with Gasteiger partial charge in [0, 0.05) is 12.8 Å². The maximum atomic E-state index is 13.6. The number of carbonyl (C=O) groups excluding carboxylic acids is 2. The number of unbranched alkanes of at least 4 members (excludes halogenated alkanes) is 38. The van der Waals surface area contributed by atoms with E-state index < -0.39 is 26.6 Å². The van der Waals surface area contributed by atoms with Crippen LogP contribution in [0, 0.1) is 0 Å². The number of nitrogens with zero attached hydrogens (tertiary/aromatic N) is 1. The number of rotatable bonds is 64. The van der Waals surface area contributed by atoms with Crippen LogP contribution >= 0.6 is 7.82 Å². The standard InChI is InChI=1S/C73H135N2O7P/c1-7-10-13-16-19-22-25-27-29-31-33-35-36-37-38-40-42-44-46-48-51-54-57-60-63-66-73(77)82-71(64-61-58-55-52-49-24-21-18-15-12-9-3)70(69-81-83(78,79)80-68-67-75(4,5)6)74-72(76)65-62-59-56-53-50-47-45-43-41-39-34-32-30-28-26-23-20-17-14-11-8-2/h19,22,27-30,33,35,37-38,61,64,70-71H,7-18,20-21,23-26,31-32,34,36,39-60,62-63,65-69H2,1-6H3,(H-,74,76,78,79)/b22-19-,29-27-,30-28+,35-33-,38-37-,64-61+. The van der Waals surface area contributed by atoms with Gasteiger partial charge in [-0.3, -0.25) is 14.2 Å². The largest absolute Gasteiger partial charge is 0.756 e. The van der Waals surface area contributed by atoms with Gasteiger partial charge in [0.05, 0.1) is 33.8 Å². The molecule has 0 aromatic carbocycles. The monoisotopic (exact) mass is 1180 g/mol. The number of likely N-dealkylation sites (N-methyl/N-ethyl adjacent to an activating group) is 1. The van der Waals surface area contributed by atoms with E-state index in [1.807, 2.05) is 33.3 Å². The van der Waals surface area contributed by atoms with Crippen molar-refractivity contribution in [2.24, 2.45) is 0 Å². The van der Waals surface area contributed by atoms with Crippen LogP contribution in [-0.2, 0) is 27.9 Å². The maximum absolute atomic E-state index is 13.6. The third kappa shape index (κ3) is 63.8. The lowest BCUT2D eigenvalue weighted by Crippen LogP contribution is -2.47. The van der Waals surface area contributed by atoms with Crippen LogP contribution in [0.3, 0.4) is 0 Å².